The largest absolute Gasteiger partial charge is 0.355 e. The molecule has 2 fully saturated rings. The number of rotatable bonds is 5. The van der Waals surface area contributed by atoms with Crippen molar-refractivity contribution in [2.75, 3.05) is 19.6 Å². The first-order valence-corrected chi connectivity index (χ1v) is 9.14. The average Bonchev–Trinajstić information content (AvgIpc) is 3.22. The maximum atomic E-state index is 12.6. The van der Waals surface area contributed by atoms with Crippen molar-refractivity contribution in [1.82, 2.24) is 10.2 Å². The third-order valence-corrected chi connectivity index (χ3v) is 6.16. The highest BCUT2D eigenvalue weighted by Crippen LogP contribution is 2.63. The maximum absolute atomic E-state index is 12.6. The van der Waals surface area contributed by atoms with Gasteiger partial charge >= 0.3 is 0 Å². The molecule has 1 saturated carbocycles. The van der Waals surface area contributed by atoms with Gasteiger partial charge in [0.15, 0.2) is 0 Å². The van der Waals surface area contributed by atoms with Gasteiger partial charge in [-0.25, -0.2) is 0 Å². The van der Waals surface area contributed by atoms with E-state index < -0.39 is 0 Å². The number of hydrogen-bond acceptors (Lipinski definition) is 2. The fourth-order valence-corrected chi connectivity index (χ4v) is 4.24. The van der Waals surface area contributed by atoms with Crippen LogP contribution in [-0.2, 0) is 15.0 Å². The molecule has 2 aliphatic rings. The first-order valence-electron chi connectivity index (χ1n) is 9.14. The minimum Gasteiger partial charge on any atom is -0.355 e. The quantitative estimate of drug-likeness (QED) is 0.838. The number of nitrogens with one attached hydrogen (secondary N) is 1. The van der Waals surface area contributed by atoms with Crippen molar-refractivity contribution < 1.29 is 9.59 Å². The van der Waals surface area contributed by atoms with Gasteiger partial charge in [0.1, 0.15) is 0 Å². The Balaban J connectivity index is 1.57. The van der Waals surface area contributed by atoms with E-state index in [4.69, 9.17) is 0 Å². The Morgan fingerprint density at radius 1 is 1.24 bits per heavy atom. The summed E-state index contributed by atoms with van der Waals surface area (Å²) < 4.78 is 0. The second kappa shape index (κ2) is 6.66. The zero-order valence-electron chi connectivity index (χ0n) is 15.3. The van der Waals surface area contributed by atoms with E-state index >= 15 is 0 Å². The number of carbonyl (C=O) groups is 2. The van der Waals surface area contributed by atoms with Gasteiger partial charge in [0.05, 0.1) is 0 Å². The van der Waals surface area contributed by atoms with Crippen LogP contribution in [-0.4, -0.2) is 36.3 Å². The number of amides is 2. The van der Waals surface area contributed by atoms with Crippen molar-refractivity contribution in [3.63, 3.8) is 0 Å². The lowest BCUT2D eigenvalue weighted by molar-refractivity contribution is -0.132. The molecule has 1 heterocycles. The molecule has 1 unspecified atom stereocenters. The number of carbonyl (C=O) groups excluding carboxylic acids is 2. The zero-order valence-corrected chi connectivity index (χ0v) is 15.3. The summed E-state index contributed by atoms with van der Waals surface area (Å²) >= 11 is 0. The van der Waals surface area contributed by atoms with E-state index in [0.717, 1.165) is 19.3 Å². The average molecular weight is 340 g/mol. The van der Waals surface area contributed by atoms with Crippen LogP contribution in [0.5, 0.6) is 0 Å². The number of hydrogen-bond donors (Lipinski definition) is 1. The SMILES string of the molecule is C=CC(=O)N1CCC(C(=O)NCC2(c3ccccc3)CC2(C)C)CC1. The summed E-state index contributed by atoms with van der Waals surface area (Å²) in [7, 11) is 0. The van der Waals surface area contributed by atoms with Gasteiger partial charge in [0.25, 0.3) is 0 Å². The summed E-state index contributed by atoms with van der Waals surface area (Å²) in [5, 5.41) is 3.20. The van der Waals surface area contributed by atoms with Gasteiger partial charge in [-0.3, -0.25) is 9.59 Å². The molecule has 0 radical (unpaired) electrons. The van der Waals surface area contributed by atoms with Crippen molar-refractivity contribution >= 4 is 11.8 Å². The van der Waals surface area contributed by atoms with Crippen LogP contribution >= 0.6 is 0 Å². The molecule has 1 aromatic carbocycles. The van der Waals surface area contributed by atoms with Gasteiger partial charge in [-0.1, -0.05) is 50.8 Å². The van der Waals surface area contributed by atoms with Crippen LogP contribution in [0, 0.1) is 11.3 Å². The Hall–Kier alpha value is -2.10. The van der Waals surface area contributed by atoms with Crippen LogP contribution in [0.2, 0.25) is 0 Å². The number of benzene rings is 1. The van der Waals surface area contributed by atoms with Gasteiger partial charge < -0.3 is 10.2 Å². The molecule has 1 saturated heterocycles. The highest BCUT2D eigenvalue weighted by molar-refractivity contribution is 5.87. The first kappa shape index (κ1) is 17.7. The Kier molecular flexibility index (Phi) is 4.72. The Morgan fingerprint density at radius 2 is 1.84 bits per heavy atom. The van der Waals surface area contributed by atoms with E-state index in [1.54, 1.807) is 4.90 Å². The van der Waals surface area contributed by atoms with Crippen LogP contribution in [0.15, 0.2) is 43.0 Å². The van der Waals surface area contributed by atoms with Crippen molar-refractivity contribution in [2.45, 2.75) is 38.5 Å². The van der Waals surface area contributed by atoms with Gasteiger partial charge in [0, 0.05) is 31.0 Å². The molecule has 1 aromatic rings. The molecule has 1 N–H and O–H groups in total. The number of piperidine rings is 1. The predicted octanol–water partition coefficient (Wildman–Crippen LogP) is 2.90. The van der Waals surface area contributed by atoms with Crippen LogP contribution in [0.4, 0.5) is 0 Å². The van der Waals surface area contributed by atoms with Crippen LogP contribution in [0.25, 0.3) is 0 Å². The van der Waals surface area contributed by atoms with E-state index in [9.17, 15) is 9.59 Å². The third-order valence-electron chi connectivity index (χ3n) is 6.16. The molecule has 25 heavy (non-hydrogen) atoms. The lowest BCUT2D eigenvalue weighted by Gasteiger charge is -2.31. The standard InChI is InChI=1S/C21H28N2O2/c1-4-18(24)23-12-10-16(11-13-23)19(25)22-15-21(14-20(21,2)3)17-8-6-5-7-9-17/h4-9,16H,1,10-15H2,2-3H3,(H,22,25). The lowest BCUT2D eigenvalue weighted by atomic mass is 9.87. The Morgan fingerprint density at radius 3 is 2.36 bits per heavy atom. The summed E-state index contributed by atoms with van der Waals surface area (Å²) in [5.74, 6) is 0.0916. The highest BCUT2D eigenvalue weighted by atomic mass is 16.2. The van der Waals surface area contributed by atoms with E-state index in [0.29, 0.717) is 19.6 Å². The van der Waals surface area contributed by atoms with Gasteiger partial charge in [-0.15, -0.1) is 0 Å². The van der Waals surface area contributed by atoms with Crippen molar-refractivity contribution in [3.05, 3.63) is 48.6 Å². The molecule has 0 spiro atoms. The van der Waals surface area contributed by atoms with Gasteiger partial charge in [-0.2, -0.15) is 0 Å². The molecule has 2 amide bonds. The summed E-state index contributed by atoms with van der Waals surface area (Å²) in [6.45, 7) is 10.0. The summed E-state index contributed by atoms with van der Waals surface area (Å²) in [4.78, 5) is 26.0. The minimum atomic E-state index is -0.0402. The molecule has 1 aliphatic heterocycles. The van der Waals surface area contributed by atoms with Crippen LogP contribution in [0.3, 0.4) is 0 Å². The predicted molar refractivity (Wildman–Crippen MR) is 99.0 cm³/mol. The molecule has 3 rings (SSSR count). The van der Waals surface area contributed by atoms with Gasteiger partial charge in [0.2, 0.25) is 11.8 Å². The monoisotopic (exact) mass is 340 g/mol. The van der Waals surface area contributed by atoms with Crippen molar-refractivity contribution in [3.8, 4) is 0 Å². The van der Waals surface area contributed by atoms with E-state index in [1.165, 1.54) is 11.6 Å². The lowest BCUT2D eigenvalue weighted by Crippen LogP contribution is -2.44. The molecule has 0 aromatic heterocycles. The maximum Gasteiger partial charge on any atom is 0.245 e. The van der Waals surface area contributed by atoms with E-state index in [2.05, 4.69) is 50.0 Å². The Labute approximate surface area is 150 Å². The Bertz CT molecular complexity index is 660. The minimum absolute atomic E-state index is 0.00329. The van der Waals surface area contributed by atoms with Crippen LogP contribution < -0.4 is 5.32 Å². The van der Waals surface area contributed by atoms with Crippen molar-refractivity contribution in [2.24, 2.45) is 11.3 Å². The summed E-state index contributed by atoms with van der Waals surface area (Å²) in [6, 6.07) is 10.5. The summed E-state index contributed by atoms with van der Waals surface area (Å²) in [6.07, 6.45) is 3.90. The molecular weight excluding hydrogens is 312 g/mol. The van der Waals surface area contributed by atoms with E-state index in [-0.39, 0.29) is 28.6 Å². The second-order valence-electron chi connectivity index (χ2n) is 8.03. The molecule has 134 valence electrons. The normalized spacial score (nSPS) is 25.3. The smallest absolute Gasteiger partial charge is 0.245 e. The zero-order chi connectivity index (χ0) is 18.1. The summed E-state index contributed by atoms with van der Waals surface area (Å²) in [5.41, 5.74) is 1.57. The van der Waals surface area contributed by atoms with Gasteiger partial charge in [-0.05, 0) is 36.3 Å². The van der Waals surface area contributed by atoms with Crippen LogP contribution in [0.1, 0.15) is 38.7 Å². The number of nitrogens with zero attached hydrogens (tertiary/aromatic N) is 1. The highest BCUT2D eigenvalue weighted by Gasteiger charge is 2.61. The first-order chi connectivity index (χ1) is 11.9. The molecule has 0 bridgehead atoms. The molecule has 4 heteroatoms. The molecule has 4 nitrogen and oxygen atoms in total. The fraction of sp³-hybridized carbons (Fsp3) is 0.524. The van der Waals surface area contributed by atoms with Crippen molar-refractivity contribution in [1.29, 1.82) is 0 Å². The van der Waals surface area contributed by atoms with E-state index in [1.807, 2.05) is 6.07 Å². The molecular formula is C21H28N2O2. The fourth-order valence-electron chi connectivity index (χ4n) is 4.24. The molecule has 1 aliphatic carbocycles. The molecule has 1 atom stereocenters. The topological polar surface area (TPSA) is 49.4 Å². The second-order valence-corrected chi connectivity index (χ2v) is 8.03. The number of likely N-dealkylation sites (tertiary alicyclic amines) is 1. The third kappa shape index (κ3) is 3.35.